The third-order valence-corrected chi connectivity index (χ3v) is 2.59. The molecule has 0 radical (unpaired) electrons. The third kappa shape index (κ3) is 5.42. The maximum atomic E-state index is 12.2. The molecular formula is C14H21N3O2. The van der Waals surface area contributed by atoms with E-state index in [4.69, 9.17) is 11.5 Å². The Morgan fingerprint density at radius 3 is 2.53 bits per heavy atom. The van der Waals surface area contributed by atoms with Crippen molar-refractivity contribution in [2.24, 2.45) is 11.7 Å². The Balaban J connectivity index is 2.73. The number of nitrogen functional groups attached to an aromatic ring is 1. The zero-order chi connectivity index (χ0) is 14.4. The van der Waals surface area contributed by atoms with Crippen molar-refractivity contribution in [3.8, 4) is 0 Å². The van der Waals surface area contributed by atoms with E-state index < -0.39 is 5.91 Å². The molecule has 0 aliphatic carbocycles. The summed E-state index contributed by atoms with van der Waals surface area (Å²) in [5.74, 6) is -0.330. The molecule has 1 rings (SSSR count). The van der Waals surface area contributed by atoms with Crippen molar-refractivity contribution in [3.05, 3.63) is 29.8 Å². The first kappa shape index (κ1) is 15.0. The molecule has 0 saturated heterocycles. The van der Waals surface area contributed by atoms with Crippen LogP contribution in [0.2, 0.25) is 0 Å². The molecule has 4 N–H and O–H groups in total. The van der Waals surface area contributed by atoms with E-state index >= 15 is 0 Å². The van der Waals surface area contributed by atoms with Crippen LogP contribution in [0.1, 0.15) is 19.4 Å². The van der Waals surface area contributed by atoms with Crippen LogP contribution in [0.3, 0.4) is 0 Å². The van der Waals surface area contributed by atoms with E-state index in [1.54, 1.807) is 18.2 Å². The Kier molecular flexibility index (Phi) is 5.36. The van der Waals surface area contributed by atoms with Gasteiger partial charge < -0.3 is 16.4 Å². The highest BCUT2D eigenvalue weighted by Gasteiger charge is 2.17. The molecule has 1 aromatic carbocycles. The Hall–Kier alpha value is -2.04. The van der Waals surface area contributed by atoms with Gasteiger partial charge >= 0.3 is 0 Å². The van der Waals surface area contributed by atoms with Crippen LogP contribution in [0.15, 0.2) is 24.3 Å². The topological polar surface area (TPSA) is 89.4 Å². The molecule has 0 aliphatic rings. The number of hydrogen-bond acceptors (Lipinski definition) is 3. The lowest BCUT2D eigenvalue weighted by molar-refractivity contribution is -0.135. The van der Waals surface area contributed by atoms with Gasteiger partial charge in [-0.2, -0.15) is 0 Å². The predicted octanol–water partition coefficient (Wildman–Crippen LogP) is 0.781. The van der Waals surface area contributed by atoms with E-state index in [-0.39, 0.29) is 24.8 Å². The highest BCUT2D eigenvalue weighted by molar-refractivity contribution is 5.85. The summed E-state index contributed by atoms with van der Waals surface area (Å²) < 4.78 is 0. The smallest absolute Gasteiger partial charge is 0.237 e. The van der Waals surface area contributed by atoms with Crippen LogP contribution < -0.4 is 11.5 Å². The number of benzene rings is 1. The second-order valence-electron chi connectivity index (χ2n) is 5.06. The van der Waals surface area contributed by atoms with Crippen molar-refractivity contribution >= 4 is 17.5 Å². The van der Waals surface area contributed by atoms with Crippen molar-refractivity contribution < 1.29 is 9.59 Å². The second-order valence-corrected chi connectivity index (χ2v) is 5.06. The Morgan fingerprint density at radius 1 is 1.32 bits per heavy atom. The number of amides is 2. The predicted molar refractivity (Wildman–Crippen MR) is 75.2 cm³/mol. The lowest BCUT2D eigenvalue weighted by Gasteiger charge is -2.23. The van der Waals surface area contributed by atoms with Crippen LogP contribution in [-0.4, -0.2) is 29.8 Å². The number of hydrogen-bond donors (Lipinski definition) is 2. The molecule has 0 bridgehead atoms. The van der Waals surface area contributed by atoms with Gasteiger partial charge in [0.15, 0.2) is 0 Å². The molecule has 0 atom stereocenters. The summed E-state index contributed by atoms with van der Waals surface area (Å²) >= 11 is 0. The molecule has 1 aromatic rings. The largest absolute Gasteiger partial charge is 0.399 e. The number of rotatable bonds is 6. The number of carbonyl (C=O) groups excluding carboxylic acids is 2. The first-order chi connectivity index (χ1) is 8.88. The van der Waals surface area contributed by atoms with Gasteiger partial charge in [-0.3, -0.25) is 9.59 Å². The zero-order valence-electron chi connectivity index (χ0n) is 11.4. The van der Waals surface area contributed by atoms with Crippen LogP contribution in [0.25, 0.3) is 0 Å². The summed E-state index contributed by atoms with van der Waals surface area (Å²) in [6.45, 7) is 4.45. The lowest BCUT2D eigenvalue weighted by atomic mass is 10.1. The van der Waals surface area contributed by atoms with Gasteiger partial charge in [0.05, 0.1) is 13.0 Å². The molecule has 0 fully saturated rings. The molecule has 104 valence electrons. The van der Waals surface area contributed by atoms with Crippen LogP contribution in [0.5, 0.6) is 0 Å². The summed E-state index contributed by atoms with van der Waals surface area (Å²) in [6.07, 6.45) is 0.227. The van der Waals surface area contributed by atoms with Gasteiger partial charge in [-0.15, -0.1) is 0 Å². The highest BCUT2D eigenvalue weighted by atomic mass is 16.2. The first-order valence-electron chi connectivity index (χ1n) is 6.29. The van der Waals surface area contributed by atoms with Gasteiger partial charge in [-0.1, -0.05) is 26.0 Å². The summed E-state index contributed by atoms with van der Waals surface area (Å²) in [5.41, 5.74) is 12.3. The van der Waals surface area contributed by atoms with Crippen molar-refractivity contribution in [1.29, 1.82) is 0 Å². The fourth-order valence-electron chi connectivity index (χ4n) is 1.87. The average molecular weight is 263 g/mol. The van der Waals surface area contributed by atoms with E-state index in [1.807, 2.05) is 19.9 Å². The summed E-state index contributed by atoms with van der Waals surface area (Å²) in [5, 5.41) is 0. The van der Waals surface area contributed by atoms with Crippen LogP contribution in [0.4, 0.5) is 5.69 Å². The van der Waals surface area contributed by atoms with E-state index in [1.165, 1.54) is 4.90 Å². The minimum atomic E-state index is -0.499. The minimum absolute atomic E-state index is 0.0423. The fourth-order valence-corrected chi connectivity index (χ4v) is 1.87. The minimum Gasteiger partial charge on any atom is -0.399 e. The van der Waals surface area contributed by atoms with Gasteiger partial charge in [0.1, 0.15) is 0 Å². The van der Waals surface area contributed by atoms with E-state index in [0.29, 0.717) is 12.2 Å². The molecule has 0 aliphatic heterocycles. The number of primary amides is 1. The Bertz CT molecular complexity index is 458. The molecule has 5 heteroatoms. The van der Waals surface area contributed by atoms with Crippen molar-refractivity contribution in [2.75, 3.05) is 18.8 Å². The molecular weight excluding hydrogens is 242 g/mol. The quantitative estimate of drug-likeness (QED) is 0.743. The van der Waals surface area contributed by atoms with Gasteiger partial charge in [-0.05, 0) is 23.6 Å². The maximum absolute atomic E-state index is 12.2. The molecule has 19 heavy (non-hydrogen) atoms. The molecule has 0 unspecified atom stereocenters. The first-order valence-corrected chi connectivity index (χ1v) is 6.29. The van der Waals surface area contributed by atoms with E-state index in [0.717, 1.165) is 5.56 Å². The maximum Gasteiger partial charge on any atom is 0.237 e. The zero-order valence-corrected chi connectivity index (χ0v) is 11.4. The van der Waals surface area contributed by atoms with Gasteiger partial charge in [-0.25, -0.2) is 0 Å². The Morgan fingerprint density at radius 2 is 2.00 bits per heavy atom. The number of carbonyl (C=O) groups is 2. The Labute approximate surface area is 113 Å². The van der Waals surface area contributed by atoms with Gasteiger partial charge in [0, 0.05) is 12.2 Å². The highest BCUT2D eigenvalue weighted by Crippen LogP contribution is 2.09. The fraction of sp³-hybridized carbons (Fsp3) is 0.429. The second kappa shape index (κ2) is 6.78. The summed E-state index contributed by atoms with van der Waals surface area (Å²) in [4.78, 5) is 24.7. The van der Waals surface area contributed by atoms with Crippen molar-refractivity contribution in [3.63, 3.8) is 0 Å². The van der Waals surface area contributed by atoms with E-state index in [9.17, 15) is 9.59 Å². The summed E-state index contributed by atoms with van der Waals surface area (Å²) in [7, 11) is 0. The average Bonchev–Trinajstić information content (AvgIpc) is 2.26. The molecule has 0 spiro atoms. The lowest BCUT2D eigenvalue weighted by Crippen LogP contribution is -2.41. The molecule has 0 heterocycles. The SMILES string of the molecule is CC(C)CN(CC(N)=O)C(=O)Cc1cccc(N)c1. The van der Waals surface area contributed by atoms with Gasteiger partial charge in [0.25, 0.3) is 0 Å². The number of nitrogens with zero attached hydrogens (tertiary/aromatic N) is 1. The van der Waals surface area contributed by atoms with Crippen molar-refractivity contribution in [2.45, 2.75) is 20.3 Å². The molecule has 2 amide bonds. The summed E-state index contributed by atoms with van der Waals surface area (Å²) in [6, 6.07) is 7.17. The third-order valence-electron chi connectivity index (χ3n) is 2.59. The molecule has 0 aromatic heterocycles. The van der Waals surface area contributed by atoms with Crippen LogP contribution in [-0.2, 0) is 16.0 Å². The molecule has 5 nitrogen and oxygen atoms in total. The standard InChI is InChI=1S/C14H21N3O2/c1-10(2)8-17(9-13(16)18)14(19)7-11-4-3-5-12(15)6-11/h3-6,10H,7-9,15H2,1-2H3,(H2,16,18). The molecule has 0 saturated carbocycles. The number of nitrogens with two attached hydrogens (primary N) is 2. The monoisotopic (exact) mass is 263 g/mol. The normalized spacial score (nSPS) is 10.5. The van der Waals surface area contributed by atoms with Gasteiger partial charge in [0.2, 0.25) is 11.8 Å². The number of anilines is 1. The van der Waals surface area contributed by atoms with E-state index in [2.05, 4.69) is 0 Å². The van der Waals surface area contributed by atoms with Crippen molar-refractivity contribution in [1.82, 2.24) is 4.90 Å². The van der Waals surface area contributed by atoms with Crippen LogP contribution >= 0.6 is 0 Å². The van der Waals surface area contributed by atoms with Crippen LogP contribution in [0, 0.1) is 5.92 Å².